The van der Waals surface area contributed by atoms with Gasteiger partial charge in [0.15, 0.2) is 17.2 Å². The van der Waals surface area contributed by atoms with Crippen LogP contribution in [0.4, 0.5) is 17.2 Å². The lowest BCUT2D eigenvalue weighted by atomic mass is 9.84. The first kappa shape index (κ1) is 30.5. The lowest BCUT2D eigenvalue weighted by molar-refractivity contribution is -0.117. The summed E-state index contributed by atoms with van der Waals surface area (Å²) in [5, 5.41) is 10.9. The van der Waals surface area contributed by atoms with Crippen molar-refractivity contribution in [3.05, 3.63) is 89.6 Å². The molecule has 1 aromatic carbocycles. The van der Waals surface area contributed by atoms with Gasteiger partial charge in [-0.05, 0) is 61.6 Å². The molecule has 248 valence electrons. The molecule has 0 radical (unpaired) electrons. The van der Waals surface area contributed by atoms with E-state index in [1.165, 1.54) is 4.90 Å². The van der Waals surface area contributed by atoms with Gasteiger partial charge in [-0.25, -0.2) is 14.5 Å². The number of aromatic nitrogens is 5. The standard InChI is InChI=1S/C36H35N9O4/c1-43(2)35(48)27-6-4-5-23(39-27)19-44-20-36(12-13-36)25-17-22(9-10-24(25)34(44)47)30-31(49-3)26(11-14-37-30)40-28-18-29(41-33(46)21-7-8-21)42-45-16-15-38-32(28)45/h4-6,9-11,14-18,21H,7-8,12-13,19-20H2,1-3H3,(H,37,40)(H,41,42,46). The van der Waals surface area contributed by atoms with Crippen LogP contribution in [0.2, 0.25) is 0 Å². The van der Waals surface area contributed by atoms with Crippen LogP contribution >= 0.6 is 0 Å². The number of benzene rings is 1. The van der Waals surface area contributed by atoms with Crippen LogP contribution < -0.4 is 15.4 Å². The van der Waals surface area contributed by atoms with E-state index in [0.717, 1.165) is 36.8 Å². The maximum absolute atomic E-state index is 13.8. The van der Waals surface area contributed by atoms with Gasteiger partial charge in [0.2, 0.25) is 5.91 Å². The number of anilines is 3. The van der Waals surface area contributed by atoms with E-state index in [-0.39, 0.29) is 29.1 Å². The van der Waals surface area contributed by atoms with Crippen molar-refractivity contribution in [3.8, 4) is 17.0 Å². The molecule has 2 fully saturated rings. The van der Waals surface area contributed by atoms with Crippen LogP contribution in [0, 0.1) is 5.92 Å². The van der Waals surface area contributed by atoms with Gasteiger partial charge in [-0.2, -0.15) is 0 Å². The second-order valence-electron chi connectivity index (χ2n) is 13.2. The average molecular weight is 658 g/mol. The van der Waals surface area contributed by atoms with Gasteiger partial charge >= 0.3 is 0 Å². The lowest BCUT2D eigenvalue weighted by Crippen LogP contribution is -2.43. The molecule has 0 atom stereocenters. The minimum atomic E-state index is -0.177. The van der Waals surface area contributed by atoms with Gasteiger partial charge in [0, 0.05) is 67.8 Å². The number of amides is 3. The normalized spacial score (nSPS) is 16.0. The third kappa shape index (κ3) is 5.60. The number of nitrogens with one attached hydrogen (secondary N) is 2. The van der Waals surface area contributed by atoms with Crippen LogP contribution in [0.3, 0.4) is 0 Å². The molecule has 0 bridgehead atoms. The molecule has 1 spiro atoms. The molecule has 4 aromatic heterocycles. The summed E-state index contributed by atoms with van der Waals surface area (Å²) in [6, 6.07) is 14.8. The summed E-state index contributed by atoms with van der Waals surface area (Å²) in [5.74, 6) is 0.715. The van der Waals surface area contributed by atoms with Gasteiger partial charge in [0.25, 0.3) is 11.8 Å². The fourth-order valence-electron chi connectivity index (χ4n) is 6.57. The van der Waals surface area contributed by atoms with E-state index in [4.69, 9.17) is 9.72 Å². The molecule has 5 aromatic rings. The highest BCUT2D eigenvalue weighted by Gasteiger charge is 2.51. The topological polar surface area (TPSA) is 147 Å². The number of hydrogen-bond donors (Lipinski definition) is 2. The number of carbonyl (C=O) groups is 3. The van der Waals surface area contributed by atoms with Crippen molar-refractivity contribution in [1.29, 1.82) is 0 Å². The molecule has 3 amide bonds. The van der Waals surface area contributed by atoms with Crippen molar-refractivity contribution >= 4 is 40.6 Å². The van der Waals surface area contributed by atoms with Crippen molar-refractivity contribution < 1.29 is 19.1 Å². The summed E-state index contributed by atoms with van der Waals surface area (Å²) in [6.45, 7) is 0.897. The van der Waals surface area contributed by atoms with Gasteiger partial charge in [0.05, 0.1) is 30.7 Å². The zero-order chi connectivity index (χ0) is 33.9. The molecule has 13 heteroatoms. The van der Waals surface area contributed by atoms with Crippen LogP contribution in [-0.4, -0.2) is 79.8 Å². The number of ether oxygens (including phenoxy) is 1. The Morgan fingerprint density at radius 3 is 2.63 bits per heavy atom. The number of hydrogen-bond acceptors (Lipinski definition) is 9. The van der Waals surface area contributed by atoms with Gasteiger partial charge in [-0.1, -0.05) is 12.1 Å². The summed E-state index contributed by atoms with van der Waals surface area (Å²) in [5.41, 5.74) is 5.91. The molecule has 2 aliphatic carbocycles. The van der Waals surface area contributed by atoms with Crippen molar-refractivity contribution in [1.82, 2.24) is 34.4 Å². The predicted octanol–water partition coefficient (Wildman–Crippen LogP) is 4.68. The van der Waals surface area contributed by atoms with Crippen molar-refractivity contribution in [2.45, 2.75) is 37.6 Å². The average Bonchev–Trinajstić information content (AvgIpc) is 4.04. The first-order valence-electron chi connectivity index (χ1n) is 16.3. The minimum absolute atomic E-state index is 0.0356. The maximum atomic E-state index is 13.8. The largest absolute Gasteiger partial charge is 0.492 e. The Hall–Kier alpha value is -5.85. The first-order valence-corrected chi connectivity index (χ1v) is 16.3. The van der Waals surface area contributed by atoms with Gasteiger partial charge in [0.1, 0.15) is 11.4 Å². The predicted molar refractivity (Wildman–Crippen MR) is 182 cm³/mol. The van der Waals surface area contributed by atoms with Crippen LogP contribution in [0.1, 0.15) is 57.8 Å². The second-order valence-corrected chi connectivity index (χ2v) is 13.2. The molecule has 0 unspecified atom stereocenters. The third-order valence-corrected chi connectivity index (χ3v) is 9.45. The highest BCUT2D eigenvalue weighted by atomic mass is 16.5. The number of pyridine rings is 2. The Bertz CT molecular complexity index is 2150. The zero-order valence-electron chi connectivity index (χ0n) is 27.4. The van der Waals surface area contributed by atoms with E-state index in [0.29, 0.717) is 64.3 Å². The molecule has 5 heterocycles. The smallest absolute Gasteiger partial charge is 0.271 e. The van der Waals surface area contributed by atoms with Crippen molar-refractivity contribution in [3.63, 3.8) is 0 Å². The Kier molecular flexibility index (Phi) is 7.27. The summed E-state index contributed by atoms with van der Waals surface area (Å²) in [6.07, 6.45) is 8.81. The Morgan fingerprint density at radius 1 is 1.04 bits per heavy atom. The number of carbonyl (C=O) groups excluding carboxylic acids is 3. The quantitative estimate of drug-likeness (QED) is 0.231. The number of nitrogens with zero attached hydrogens (tertiary/aromatic N) is 7. The van der Waals surface area contributed by atoms with E-state index in [1.807, 2.05) is 35.2 Å². The molecule has 8 rings (SSSR count). The zero-order valence-corrected chi connectivity index (χ0v) is 27.4. The molecule has 3 aliphatic rings. The van der Waals surface area contributed by atoms with Crippen LogP contribution in [0.25, 0.3) is 16.9 Å². The van der Waals surface area contributed by atoms with E-state index < -0.39 is 0 Å². The number of rotatable bonds is 9. The fraction of sp³-hybridized carbons (Fsp3) is 0.306. The highest BCUT2D eigenvalue weighted by molar-refractivity contribution is 5.99. The van der Waals surface area contributed by atoms with Gasteiger partial charge in [-0.3, -0.25) is 19.4 Å². The van der Waals surface area contributed by atoms with E-state index in [9.17, 15) is 14.4 Å². The molecule has 49 heavy (non-hydrogen) atoms. The Balaban J connectivity index is 1.09. The fourth-order valence-corrected chi connectivity index (χ4v) is 6.57. The second kappa shape index (κ2) is 11.7. The van der Waals surface area contributed by atoms with Crippen LogP contribution in [-0.2, 0) is 16.8 Å². The molecule has 2 N–H and O–H groups in total. The number of imidazole rings is 1. The molecular formula is C36H35N9O4. The number of methoxy groups -OCH3 is 1. The third-order valence-electron chi connectivity index (χ3n) is 9.45. The lowest BCUT2D eigenvalue weighted by Gasteiger charge is -2.35. The summed E-state index contributed by atoms with van der Waals surface area (Å²) in [7, 11) is 4.98. The Morgan fingerprint density at radius 2 is 1.88 bits per heavy atom. The van der Waals surface area contributed by atoms with Gasteiger partial charge in [-0.15, -0.1) is 5.10 Å². The molecule has 13 nitrogen and oxygen atoms in total. The van der Waals surface area contributed by atoms with Crippen molar-refractivity contribution in [2.24, 2.45) is 5.92 Å². The first-order chi connectivity index (χ1) is 23.7. The summed E-state index contributed by atoms with van der Waals surface area (Å²) in [4.78, 5) is 55.9. The number of fused-ring (bicyclic) bond motifs is 3. The maximum Gasteiger partial charge on any atom is 0.271 e. The Labute approximate surface area is 282 Å². The molecular weight excluding hydrogens is 622 g/mol. The molecule has 0 saturated heterocycles. The van der Waals surface area contributed by atoms with E-state index in [2.05, 4.69) is 31.8 Å². The summed E-state index contributed by atoms with van der Waals surface area (Å²) < 4.78 is 7.56. The minimum Gasteiger partial charge on any atom is -0.492 e. The van der Waals surface area contributed by atoms with Gasteiger partial charge < -0.3 is 25.2 Å². The van der Waals surface area contributed by atoms with E-state index >= 15 is 0 Å². The summed E-state index contributed by atoms with van der Waals surface area (Å²) >= 11 is 0. The monoisotopic (exact) mass is 657 g/mol. The molecule has 2 saturated carbocycles. The van der Waals surface area contributed by atoms with Crippen molar-refractivity contribution in [2.75, 3.05) is 38.4 Å². The highest BCUT2D eigenvalue weighted by Crippen LogP contribution is 2.53. The van der Waals surface area contributed by atoms with Crippen LogP contribution in [0.15, 0.2) is 67.1 Å². The SMILES string of the molecule is COc1c(Nc2cc(NC(=O)C3CC3)nn3ccnc23)ccnc1-c1ccc2c(c1)C1(CC1)CN(Cc1cccc(C(=O)N(C)C)n1)C2=O. The van der Waals surface area contributed by atoms with Crippen LogP contribution in [0.5, 0.6) is 5.75 Å². The van der Waals surface area contributed by atoms with E-state index in [1.54, 1.807) is 56.4 Å². The molecule has 1 aliphatic heterocycles.